The minimum absolute atomic E-state index is 0.0878. The van der Waals surface area contributed by atoms with Gasteiger partial charge in [-0.15, -0.1) is 11.6 Å². The molecule has 0 N–H and O–H groups in total. The summed E-state index contributed by atoms with van der Waals surface area (Å²) in [4.78, 5) is 0. The molecule has 0 nitrogen and oxygen atoms in total. The molecule has 0 atom stereocenters. The van der Waals surface area contributed by atoms with E-state index in [1.54, 1.807) is 0 Å². The molecular weight excluding hydrogens is 216 g/mol. The van der Waals surface area contributed by atoms with E-state index >= 15 is 0 Å². The smallest absolute Gasteiger partial charge is 0.0854 e. The van der Waals surface area contributed by atoms with Gasteiger partial charge < -0.3 is 0 Å². The van der Waals surface area contributed by atoms with E-state index in [-0.39, 0.29) is 5.38 Å². The molecule has 1 aliphatic carbocycles. The Hall–Kier alpha value is -1.53. The SMILES string of the molecule is ClC1C(c2ccccc2)=C1c1ccccc1. The zero-order valence-corrected chi connectivity index (χ0v) is 9.48. The summed E-state index contributed by atoms with van der Waals surface area (Å²) in [6, 6.07) is 20.7. The van der Waals surface area contributed by atoms with Gasteiger partial charge in [0, 0.05) is 0 Å². The predicted molar refractivity (Wildman–Crippen MR) is 69.3 cm³/mol. The molecule has 2 aromatic carbocycles. The first-order chi connectivity index (χ1) is 7.88. The molecule has 3 rings (SSSR count). The molecule has 16 heavy (non-hydrogen) atoms. The third kappa shape index (κ3) is 1.56. The Morgan fingerprint density at radius 2 is 1.00 bits per heavy atom. The first-order valence-corrected chi connectivity index (χ1v) is 5.80. The molecule has 0 spiro atoms. The van der Waals surface area contributed by atoms with Gasteiger partial charge in [0.2, 0.25) is 0 Å². The second-order valence-electron chi connectivity index (χ2n) is 3.92. The van der Waals surface area contributed by atoms with Crippen LogP contribution in [0.15, 0.2) is 60.7 Å². The number of rotatable bonds is 2. The second kappa shape index (κ2) is 3.80. The van der Waals surface area contributed by atoms with Crippen molar-refractivity contribution >= 4 is 22.7 Å². The van der Waals surface area contributed by atoms with E-state index in [0.29, 0.717) is 0 Å². The van der Waals surface area contributed by atoms with Crippen LogP contribution in [0, 0.1) is 0 Å². The van der Waals surface area contributed by atoms with Gasteiger partial charge in [-0.25, -0.2) is 0 Å². The Morgan fingerprint density at radius 3 is 1.38 bits per heavy atom. The Labute approximate surface area is 100 Å². The van der Waals surface area contributed by atoms with Crippen molar-refractivity contribution in [3.8, 4) is 0 Å². The van der Waals surface area contributed by atoms with Crippen LogP contribution in [0.4, 0.5) is 0 Å². The molecule has 0 saturated carbocycles. The van der Waals surface area contributed by atoms with Crippen molar-refractivity contribution in [2.24, 2.45) is 0 Å². The molecule has 1 heteroatoms. The fourth-order valence-electron chi connectivity index (χ4n) is 2.03. The van der Waals surface area contributed by atoms with Crippen LogP contribution in [0.3, 0.4) is 0 Å². The third-order valence-electron chi connectivity index (χ3n) is 2.88. The lowest BCUT2D eigenvalue weighted by atomic mass is 10.1. The lowest BCUT2D eigenvalue weighted by Gasteiger charge is -1.91. The molecule has 78 valence electrons. The van der Waals surface area contributed by atoms with Crippen LogP contribution in [0.2, 0.25) is 0 Å². The maximum absolute atomic E-state index is 6.31. The van der Waals surface area contributed by atoms with Crippen molar-refractivity contribution in [1.29, 1.82) is 0 Å². The van der Waals surface area contributed by atoms with Gasteiger partial charge in [0.15, 0.2) is 0 Å². The van der Waals surface area contributed by atoms with Crippen LogP contribution in [-0.2, 0) is 0 Å². The van der Waals surface area contributed by atoms with E-state index in [0.717, 1.165) is 0 Å². The molecule has 0 fully saturated rings. The fraction of sp³-hybridized carbons (Fsp3) is 0.0667. The highest BCUT2D eigenvalue weighted by molar-refractivity contribution is 6.44. The highest BCUT2D eigenvalue weighted by Gasteiger charge is 2.36. The van der Waals surface area contributed by atoms with Gasteiger partial charge in [-0.05, 0) is 22.3 Å². The van der Waals surface area contributed by atoms with E-state index in [1.165, 1.54) is 22.3 Å². The Bertz CT molecular complexity index is 476. The molecule has 0 heterocycles. The molecule has 0 bridgehead atoms. The number of alkyl halides is 1. The van der Waals surface area contributed by atoms with Gasteiger partial charge in [-0.2, -0.15) is 0 Å². The Kier molecular flexibility index (Phi) is 2.30. The Morgan fingerprint density at radius 1 is 0.625 bits per heavy atom. The number of allylic oxidation sites excluding steroid dienone is 2. The van der Waals surface area contributed by atoms with Gasteiger partial charge in [-0.3, -0.25) is 0 Å². The van der Waals surface area contributed by atoms with E-state index < -0.39 is 0 Å². The molecule has 0 amide bonds. The summed E-state index contributed by atoms with van der Waals surface area (Å²) in [5.74, 6) is 0. The van der Waals surface area contributed by atoms with Crippen LogP contribution in [0.25, 0.3) is 11.1 Å². The summed E-state index contributed by atoms with van der Waals surface area (Å²) < 4.78 is 0. The first kappa shape index (κ1) is 9.68. The fourth-order valence-corrected chi connectivity index (χ4v) is 2.46. The van der Waals surface area contributed by atoms with Crippen molar-refractivity contribution in [3.05, 3.63) is 71.8 Å². The van der Waals surface area contributed by atoms with E-state index in [9.17, 15) is 0 Å². The normalized spacial score (nSPS) is 15.3. The van der Waals surface area contributed by atoms with Gasteiger partial charge in [0.25, 0.3) is 0 Å². The summed E-state index contributed by atoms with van der Waals surface area (Å²) in [5.41, 5.74) is 5.02. The summed E-state index contributed by atoms with van der Waals surface area (Å²) in [7, 11) is 0. The monoisotopic (exact) mass is 226 g/mol. The average molecular weight is 227 g/mol. The topological polar surface area (TPSA) is 0 Å². The molecule has 0 saturated heterocycles. The number of hydrogen-bond donors (Lipinski definition) is 0. The number of benzene rings is 2. The number of hydrogen-bond acceptors (Lipinski definition) is 0. The summed E-state index contributed by atoms with van der Waals surface area (Å²) >= 11 is 6.31. The van der Waals surface area contributed by atoms with Crippen molar-refractivity contribution in [1.82, 2.24) is 0 Å². The second-order valence-corrected chi connectivity index (χ2v) is 4.36. The van der Waals surface area contributed by atoms with E-state index in [4.69, 9.17) is 11.6 Å². The third-order valence-corrected chi connectivity index (χ3v) is 3.32. The first-order valence-electron chi connectivity index (χ1n) is 5.37. The lowest BCUT2D eigenvalue weighted by Crippen LogP contribution is -1.78. The van der Waals surface area contributed by atoms with Gasteiger partial charge in [0.1, 0.15) is 0 Å². The van der Waals surface area contributed by atoms with Crippen LogP contribution >= 0.6 is 11.6 Å². The maximum Gasteiger partial charge on any atom is 0.0854 e. The highest BCUT2D eigenvalue weighted by Crippen LogP contribution is 2.50. The summed E-state index contributed by atoms with van der Waals surface area (Å²) in [5, 5.41) is 0.0878. The molecule has 0 aliphatic heterocycles. The summed E-state index contributed by atoms with van der Waals surface area (Å²) in [6.07, 6.45) is 0. The largest absolute Gasteiger partial charge is 0.113 e. The number of halogens is 1. The quantitative estimate of drug-likeness (QED) is 0.673. The lowest BCUT2D eigenvalue weighted by molar-refractivity contribution is 1.57. The standard InChI is InChI=1S/C15H11Cl/c16-15-13(11-7-3-1-4-8-11)14(15)12-9-5-2-6-10-12/h1-10,15H. The zero-order chi connectivity index (χ0) is 11.0. The molecule has 0 unspecified atom stereocenters. The van der Waals surface area contributed by atoms with Gasteiger partial charge >= 0.3 is 0 Å². The highest BCUT2D eigenvalue weighted by atomic mass is 35.5. The molecule has 1 aliphatic rings. The molecule has 2 aromatic rings. The predicted octanol–water partition coefficient (Wildman–Crippen LogP) is 4.22. The van der Waals surface area contributed by atoms with E-state index in [1.807, 2.05) is 36.4 Å². The summed E-state index contributed by atoms with van der Waals surface area (Å²) in [6.45, 7) is 0. The van der Waals surface area contributed by atoms with Crippen LogP contribution in [0.5, 0.6) is 0 Å². The molecule has 0 aromatic heterocycles. The van der Waals surface area contributed by atoms with Gasteiger partial charge in [0.05, 0.1) is 5.38 Å². The zero-order valence-electron chi connectivity index (χ0n) is 8.73. The van der Waals surface area contributed by atoms with Crippen molar-refractivity contribution < 1.29 is 0 Å². The molecular formula is C15H11Cl. The minimum Gasteiger partial charge on any atom is -0.113 e. The maximum atomic E-state index is 6.31. The average Bonchev–Trinajstić information content (AvgIpc) is 3.03. The Balaban J connectivity index is 2.02. The van der Waals surface area contributed by atoms with Crippen LogP contribution in [-0.4, -0.2) is 5.38 Å². The minimum atomic E-state index is 0.0878. The van der Waals surface area contributed by atoms with Crippen LogP contribution in [0.1, 0.15) is 11.1 Å². The van der Waals surface area contributed by atoms with Crippen molar-refractivity contribution in [2.75, 3.05) is 0 Å². The molecule has 0 radical (unpaired) electrons. The van der Waals surface area contributed by atoms with Gasteiger partial charge in [-0.1, -0.05) is 60.7 Å². The van der Waals surface area contributed by atoms with E-state index in [2.05, 4.69) is 24.3 Å². The van der Waals surface area contributed by atoms with Crippen molar-refractivity contribution in [2.45, 2.75) is 5.38 Å². The van der Waals surface area contributed by atoms with Crippen LogP contribution < -0.4 is 0 Å². The van der Waals surface area contributed by atoms with Crippen molar-refractivity contribution in [3.63, 3.8) is 0 Å².